The summed E-state index contributed by atoms with van der Waals surface area (Å²) in [5.74, 6) is 0.307. The van der Waals surface area contributed by atoms with E-state index in [-0.39, 0.29) is 27.5 Å². The lowest BCUT2D eigenvalue weighted by atomic mass is 9.94. The minimum absolute atomic E-state index is 0.0851. The van der Waals surface area contributed by atoms with Gasteiger partial charge in [-0.25, -0.2) is 9.18 Å². The summed E-state index contributed by atoms with van der Waals surface area (Å²) in [6, 6.07) is 12.3. The number of rotatable bonds is 5. The van der Waals surface area contributed by atoms with Gasteiger partial charge in [-0.2, -0.15) is 10.1 Å². The molecular weight excluding hydrogens is 518 g/mol. The van der Waals surface area contributed by atoms with Crippen LogP contribution in [0, 0.1) is 12.7 Å². The zero-order valence-electron chi connectivity index (χ0n) is 19.7. The molecule has 3 aromatic carbocycles. The van der Waals surface area contributed by atoms with Crippen LogP contribution in [-0.4, -0.2) is 29.6 Å². The van der Waals surface area contributed by atoms with Crippen molar-refractivity contribution in [3.05, 3.63) is 98.9 Å². The number of anilines is 1. The maximum Gasteiger partial charge on any atom is 0.347 e. The van der Waals surface area contributed by atoms with Crippen molar-refractivity contribution in [3.8, 4) is 11.5 Å². The number of aryl methyl sites for hydroxylation is 1. The molecule has 188 valence electrons. The molecule has 0 unspecified atom stereocenters. The minimum atomic E-state index is -0.489. The Morgan fingerprint density at radius 1 is 1.11 bits per heavy atom. The molecule has 0 atom stereocenters. The second kappa shape index (κ2) is 9.88. The maximum absolute atomic E-state index is 13.2. The van der Waals surface area contributed by atoms with Crippen LogP contribution in [0.3, 0.4) is 0 Å². The monoisotopic (exact) mass is 538 g/mol. The molecule has 7 nitrogen and oxygen atoms in total. The van der Waals surface area contributed by atoms with Crippen LogP contribution in [0.5, 0.6) is 11.5 Å². The third kappa shape index (κ3) is 5.03. The smallest absolute Gasteiger partial charge is 0.347 e. The average Bonchev–Trinajstić information content (AvgIpc) is 2.84. The van der Waals surface area contributed by atoms with Crippen molar-refractivity contribution in [2.24, 2.45) is 5.10 Å². The van der Waals surface area contributed by atoms with Gasteiger partial charge in [0.15, 0.2) is 5.75 Å². The highest BCUT2D eigenvalue weighted by molar-refractivity contribution is 6.37. The first-order chi connectivity index (χ1) is 17.7. The molecule has 0 saturated heterocycles. The van der Waals surface area contributed by atoms with Crippen LogP contribution in [0.4, 0.5) is 14.9 Å². The fourth-order valence-corrected chi connectivity index (χ4v) is 4.89. The second-order valence-electron chi connectivity index (χ2n) is 8.73. The number of benzene rings is 3. The number of halogens is 3. The Hall–Kier alpha value is -3.88. The maximum atomic E-state index is 13.2. The van der Waals surface area contributed by atoms with Crippen molar-refractivity contribution in [1.29, 1.82) is 0 Å². The van der Waals surface area contributed by atoms with Gasteiger partial charge in [-0.05, 0) is 66.4 Å². The number of urea groups is 1. The van der Waals surface area contributed by atoms with Crippen LogP contribution < -0.4 is 15.1 Å². The summed E-state index contributed by atoms with van der Waals surface area (Å²) in [6.45, 7) is 6.41. The van der Waals surface area contributed by atoms with Crippen molar-refractivity contribution in [3.63, 3.8) is 0 Å². The molecule has 10 heteroatoms. The molecule has 2 heterocycles. The summed E-state index contributed by atoms with van der Waals surface area (Å²) in [5.41, 5.74) is 3.84. The summed E-state index contributed by atoms with van der Waals surface area (Å²) in [6.07, 6.45) is 2.04. The molecule has 0 bridgehead atoms. The summed E-state index contributed by atoms with van der Waals surface area (Å²) < 4.78 is 19.3. The van der Waals surface area contributed by atoms with Crippen LogP contribution in [0.2, 0.25) is 10.0 Å². The van der Waals surface area contributed by atoms with Gasteiger partial charge < -0.3 is 15.0 Å². The molecule has 2 aliphatic rings. The standard InChI is InChI=1S/C27H21Cl2FN4O3/c1-15-9-21(10-18-7-8-33(26(35)24(15)18)14-17-3-5-19(30)6-4-17)37-25-22(28)11-20(12-23(25)29)34-27(36)32-16(2)13-31-34/h3-6,9-13H,2,7-8,14H2,1H3,(H,32,36). The van der Waals surface area contributed by atoms with E-state index in [0.29, 0.717) is 42.2 Å². The van der Waals surface area contributed by atoms with Crippen molar-refractivity contribution in [2.45, 2.75) is 19.9 Å². The number of allylic oxidation sites excluding steroid dienone is 1. The zero-order chi connectivity index (χ0) is 26.3. The van der Waals surface area contributed by atoms with E-state index in [9.17, 15) is 14.0 Å². The molecule has 2 aliphatic heterocycles. The topological polar surface area (TPSA) is 74.2 Å². The lowest BCUT2D eigenvalue weighted by Gasteiger charge is -2.30. The minimum Gasteiger partial charge on any atom is -0.454 e. The molecule has 0 aromatic heterocycles. The van der Waals surface area contributed by atoms with Gasteiger partial charge >= 0.3 is 6.03 Å². The molecule has 0 aliphatic carbocycles. The van der Waals surface area contributed by atoms with Crippen LogP contribution in [0.15, 0.2) is 65.9 Å². The molecule has 3 amide bonds. The first kappa shape index (κ1) is 24.8. The number of amides is 3. The highest BCUT2D eigenvalue weighted by atomic mass is 35.5. The largest absolute Gasteiger partial charge is 0.454 e. The number of hydrogen-bond acceptors (Lipinski definition) is 4. The number of nitrogens with zero attached hydrogens (tertiary/aromatic N) is 3. The molecule has 1 N–H and O–H groups in total. The number of nitrogens with one attached hydrogen (secondary N) is 1. The highest BCUT2D eigenvalue weighted by Crippen LogP contribution is 2.41. The number of carbonyl (C=O) groups excluding carboxylic acids is 2. The summed E-state index contributed by atoms with van der Waals surface area (Å²) in [4.78, 5) is 27.2. The van der Waals surface area contributed by atoms with Gasteiger partial charge in [-0.1, -0.05) is 41.9 Å². The van der Waals surface area contributed by atoms with E-state index in [0.717, 1.165) is 21.7 Å². The van der Waals surface area contributed by atoms with E-state index >= 15 is 0 Å². The fraction of sp³-hybridized carbons (Fsp3) is 0.148. The number of hydrazone groups is 1. The number of fused-ring (bicyclic) bond motifs is 1. The average molecular weight is 539 g/mol. The van der Waals surface area contributed by atoms with Gasteiger partial charge in [0.2, 0.25) is 0 Å². The first-order valence-electron chi connectivity index (χ1n) is 11.4. The second-order valence-corrected chi connectivity index (χ2v) is 9.54. The summed E-state index contributed by atoms with van der Waals surface area (Å²) >= 11 is 12.9. The molecule has 37 heavy (non-hydrogen) atoms. The van der Waals surface area contributed by atoms with Gasteiger partial charge in [0, 0.05) is 18.7 Å². The third-order valence-electron chi connectivity index (χ3n) is 6.07. The normalized spacial score (nSPS) is 15.1. The van der Waals surface area contributed by atoms with E-state index in [4.69, 9.17) is 27.9 Å². The van der Waals surface area contributed by atoms with Crippen LogP contribution >= 0.6 is 23.2 Å². The van der Waals surface area contributed by atoms with E-state index in [2.05, 4.69) is 17.0 Å². The molecule has 0 spiro atoms. The fourth-order valence-electron chi connectivity index (χ4n) is 4.33. The van der Waals surface area contributed by atoms with Crippen molar-refractivity contribution in [1.82, 2.24) is 10.2 Å². The number of carbonyl (C=O) groups is 2. The molecule has 0 radical (unpaired) electrons. The van der Waals surface area contributed by atoms with Gasteiger partial charge in [0.05, 0.1) is 27.6 Å². The summed E-state index contributed by atoms with van der Waals surface area (Å²) in [5, 5.41) is 8.09. The lowest BCUT2D eigenvalue weighted by molar-refractivity contribution is 0.0726. The predicted molar refractivity (Wildman–Crippen MR) is 141 cm³/mol. The SMILES string of the molecule is C=C1C=NN(c2cc(Cl)c(Oc3cc(C)c4c(c3)CCN(Cc3ccc(F)cc3)C4=O)c(Cl)c2)C(=O)N1. The Bertz CT molecular complexity index is 1450. The first-order valence-corrected chi connectivity index (χ1v) is 12.1. The van der Waals surface area contributed by atoms with E-state index in [1.165, 1.54) is 30.5 Å². The molecule has 0 fully saturated rings. The Morgan fingerprint density at radius 2 is 1.81 bits per heavy atom. The quantitative estimate of drug-likeness (QED) is 0.405. The van der Waals surface area contributed by atoms with E-state index in [1.54, 1.807) is 23.1 Å². The Balaban J connectivity index is 1.37. The highest BCUT2D eigenvalue weighted by Gasteiger charge is 2.27. The zero-order valence-corrected chi connectivity index (χ0v) is 21.2. The van der Waals surface area contributed by atoms with Crippen molar-refractivity contribution < 1.29 is 18.7 Å². The van der Waals surface area contributed by atoms with E-state index in [1.807, 2.05) is 13.0 Å². The lowest BCUT2D eigenvalue weighted by Crippen LogP contribution is -2.40. The van der Waals surface area contributed by atoms with Gasteiger partial charge in [0.25, 0.3) is 5.91 Å². The van der Waals surface area contributed by atoms with Crippen molar-refractivity contribution >= 4 is 47.0 Å². The summed E-state index contributed by atoms with van der Waals surface area (Å²) in [7, 11) is 0. The van der Waals surface area contributed by atoms with Crippen LogP contribution in [-0.2, 0) is 13.0 Å². The molecule has 3 aromatic rings. The van der Waals surface area contributed by atoms with Crippen molar-refractivity contribution in [2.75, 3.05) is 11.6 Å². The van der Waals surface area contributed by atoms with Crippen LogP contribution in [0.1, 0.15) is 27.0 Å². The Morgan fingerprint density at radius 3 is 2.49 bits per heavy atom. The predicted octanol–water partition coefficient (Wildman–Crippen LogP) is 6.46. The molecule has 0 saturated carbocycles. The number of ether oxygens (including phenoxy) is 1. The molecular formula is C27H21Cl2FN4O3. The van der Waals surface area contributed by atoms with Gasteiger partial charge in [-0.3, -0.25) is 4.79 Å². The number of hydrogen-bond donors (Lipinski definition) is 1. The Labute approximate surface area is 222 Å². The Kier molecular flexibility index (Phi) is 6.62. The van der Waals surface area contributed by atoms with E-state index < -0.39 is 6.03 Å². The van der Waals surface area contributed by atoms with Gasteiger partial charge in [-0.15, -0.1) is 0 Å². The molecule has 5 rings (SSSR count). The third-order valence-corrected chi connectivity index (χ3v) is 6.63. The van der Waals surface area contributed by atoms with Crippen LogP contribution in [0.25, 0.3) is 0 Å². The van der Waals surface area contributed by atoms with Gasteiger partial charge in [0.1, 0.15) is 11.6 Å².